The molecule has 7 nitrogen and oxygen atoms in total. The van der Waals surface area contributed by atoms with E-state index in [0.717, 1.165) is 0 Å². The monoisotopic (exact) mass is 399 g/mol. The maximum absolute atomic E-state index is 12.8. The van der Waals surface area contributed by atoms with Crippen LogP contribution in [0.25, 0.3) is 0 Å². The number of rotatable bonds is 7. The first-order chi connectivity index (χ1) is 14.0. The van der Waals surface area contributed by atoms with Gasteiger partial charge in [-0.3, -0.25) is 4.79 Å². The Balaban J connectivity index is 2.14. The molecule has 0 unspecified atom stereocenters. The summed E-state index contributed by atoms with van der Waals surface area (Å²) in [5.41, 5.74) is 7.31. The van der Waals surface area contributed by atoms with Crippen LogP contribution >= 0.6 is 0 Å². The van der Waals surface area contributed by atoms with Crippen molar-refractivity contribution in [1.82, 2.24) is 0 Å². The van der Waals surface area contributed by atoms with Crippen LogP contribution in [-0.4, -0.2) is 32.1 Å². The smallest absolute Gasteiger partial charge is 0.340 e. The van der Waals surface area contributed by atoms with E-state index in [1.807, 2.05) is 6.92 Å². The average molecular weight is 399 g/mol. The normalized spacial score (nSPS) is 18.7. The molecule has 1 aliphatic heterocycles. The van der Waals surface area contributed by atoms with Crippen LogP contribution in [0.1, 0.15) is 37.7 Å². The molecule has 29 heavy (non-hydrogen) atoms. The predicted octanol–water partition coefficient (Wildman–Crippen LogP) is 3.11. The van der Waals surface area contributed by atoms with Gasteiger partial charge < -0.3 is 24.7 Å². The number of hydrogen-bond acceptors (Lipinski definition) is 7. The maximum Gasteiger partial charge on any atom is 0.340 e. The van der Waals surface area contributed by atoms with Crippen molar-refractivity contribution in [2.75, 3.05) is 20.3 Å². The van der Waals surface area contributed by atoms with Crippen molar-refractivity contribution < 1.29 is 28.5 Å². The number of benzene rings is 1. The van der Waals surface area contributed by atoms with Gasteiger partial charge in [0.1, 0.15) is 17.9 Å². The topological polar surface area (TPSA) is 97.1 Å². The molecule has 1 heterocycles. The zero-order valence-electron chi connectivity index (χ0n) is 16.7. The Kier molecular flexibility index (Phi) is 6.26. The third-order valence-electron chi connectivity index (χ3n) is 4.85. The molecule has 0 saturated carbocycles. The summed E-state index contributed by atoms with van der Waals surface area (Å²) in [5, 5.41) is 0. The molecule has 0 fully saturated rings. The highest BCUT2D eigenvalue weighted by molar-refractivity contribution is 6.03. The Bertz CT molecular complexity index is 899. The highest BCUT2D eigenvalue weighted by Gasteiger charge is 2.41. The summed E-state index contributed by atoms with van der Waals surface area (Å²) in [6.45, 7) is 6.26. The van der Waals surface area contributed by atoms with Gasteiger partial charge in [-0.2, -0.15) is 0 Å². The number of ether oxygens (including phenoxy) is 4. The maximum atomic E-state index is 12.8. The van der Waals surface area contributed by atoms with E-state index in [4.69, 9.17) is 24.7 Å². The number of esters is 1. The summed E-state index contributed by atoms with van der Waals surface area (Å²) in [5.74, 6) is 0.139. The fourth-order valence-corrected chi connectivity index (χ4v) is 3.64. The summed E-state index contributed by atoms with van der Waals surface area (Å²) >= 11 is 0. The number of carbonyl (C=O) groups excluding carboxylic acids is 2. The van der Waals surface area contributed by atoms with E-state index >= 15 is 0 Å². The Morgan fingerprint density at radius 2 is 2.10 bits per heavy atom. The largest absolute Gasteiger partial charge is 0.490 e. The van der Waals surface area contributed by atoms with Crippen LogP contribution in [0, 0.1) is 0 Å². The minimum Gasteiger partial charge on any atom is -0.490 e. The molecular formula is C22H25NO6. The standard InChI is InChI=1S/C22H25NO6/c1-4-11-28-15-10-9-13(12-17(15)27-5-2)18-19-14(24)7-6-8-16(19)29-21(23)20(18)22(25)26-3/h4,9-10,12,18H,1,5-8,11,23H2,2-3H3/t18-/m1/s1. The molecule has 0 spiro atoms. The zero-order chi connectivity index (χ0) is 21.0. The van der Waals surface area contributed by atoms with Gasteiger partial charge in [0.2, 0.25) is 5.88 Å². The Hall–Kier alpha value is -3.22. The lowest BCUT2D eigenvalue weighted by molar-refractivity contribution is -0.136. The lowest BCUT2D eigenvalue weighted by Gasteiger charge is -2.32. The zero-order valence-corrected chi connectivity index (χ0v) is 16.7. The van der Waals surface area contributed by atoms with Crippen molar-refractivity contribution in [1.29, 1.82) is 0 Å². The first kappa shape index (κ1) is 20.5. The Morgan fingerprint density at radius 1 is 1.31 bits per heavy atom. The van der Waals surface area contributed by atoms with Crippen LogP contribution in [0.2, 0.25) is 0 Å². The third kappa shape index (κ3) is 3.99. The van der Waals surface area contributed by atoms with Crippen molar-refractivity contribution in [3.05, 3.63) is 59.2 Å². The van der Waals surface area contributed by atoms with E-state index in [0.29, 0.717) is 60.9 Å². The van der Waals surface area contributed by atoms with Gasteiger partial charge in [-0.05, 0) is 31.0 Å². The van der Waals surface area contributed by atoms with Gasteiger partial charge in [0, 0.05) is 18.4 Å². The number of Topliss-reactive ketones (excluding diaryl/α,β-unsaturated/α-hetero) is 1. The van der Waals surface area contributed by atoms with Gasteiger partial charge in [-0.1, -0.05) is 18.7 Å². The summed E-state index contributed by atoms with van der Waals surface area (Å²) in [7, 11) is 1.27. The van der Waals surface area contributed by atoms with Gasteiger partial charge in [0.25, 0.3) is 0 Å². The second kappa shape index (κ2) is 8.86. The molecule has 3 rings (SSSR count). The van der Waals surface area contributed by atoms with Crippen molar-refractivity contribution >= 4 is 11.8 Å². The summed E-state index contributed by atoms with van der Waals surface area (Å²) in [6, 6.07) is 5.30. The number of ketones is 1. The molecule has 0 radical (unpaired) electrons. The quantitative estimate of drug-likeness (QED) is 0.556. The fourth-order valence-electron chi connectivity index (χ4n) is 3.64. The Labute approximate surface area is 169 Å². The summed E-state index contributed by atoms with van der Waals surface area (Å²) in [4.78, 5) is 25.3. The van der Waals surface area contributed by atoms with Crippen molar-refractivity contribution in [2.24, 2.45) is 5.73 Å². The number of allylic oxidation sites excluding steroid dienone is 2. The summed E-state index contributed by atoms with van der Waals surface area (Å²) in [6.07, 6.45) is 3.31. The van der Waals surface area contributed by atoms with Crippen LogP contribution in [0.5, 0.6) is 11.5 Å². The molecule has 7 heteroatoms. The molecule has 1 atom stereocenters. The SMILES string of the molecule is C=CCOc1ccc([C@H]2C(C(=O)OC)=C(N)OC3=C2C(=O)CCC3)cc1OCC. The highest BCUT2D eigenvalue weighted by Crippen LogP contribution is 2.45. The number of carbonyl (C=O) groups is 2. The highest BCUT2D eigenvalue weighted by atomic mass is 16.5. The van der Waals surface area contributed by atoms with Crippen LogP contribution in [0.4, 0.5) is 0 Å². The lowest BCUT2D eigenvalue weighted by Crippen LogP contribution is -2.31. The first-order valence-electron chi connectivity index (χ1n) is 9.54. The third-order valence-corrected chi connectivity index (χ3v) is 4.85. The second-order valence-corrected chi connectivity index (χ2v) is 6.66. The number of hydrogen-bond donors (Lipinski definition) is 1. The summed E-state index contributed by atoms with van der Waals surface area (Å²) < 4.78 is 21.9. The van der Waals surface area contributed by atoms with Crippen molar-refractivity contribution in [3.63, 3.8) is 0 Å². The van der Waals surface area contributed by atoms with Crippen molar-refractivity contribution in [3.8, 4) is 11.5 Å². The molecule has 1 aromatic rings. The molecule has 0 bridgehead atoms. The molecule has 0 aromatic heterocycles. The second-order valence-electron chi connectivity index (χ2n) is 6.66. The molecule has 1 aromatic carbocycles. The predicted molar refractivity (Wildman–Crippen MR) is 106 cm³/mol. The lowest BCUT2D eigenvalue weighted by atomic mass is 9.77. The number of methoxy groups -OCH3 is 1. The minimum atomic E-state index is -0.688. The minimum absolute atomic E-state index is 0.0414. The molecule has 2 N–H and O–H groups in total. The number of nitrogens with two attached hydrogens (primary N) is 1. The molecular weight excluding hydrogens is 374 g/mol. The van der Waals surface area contributed by atoms with E-state index in [2.05, 4.69) is 6.58 Å². The van der Waals surface area contributed by atoms with Crippen LogP contribution in [0.15, 0.2) is 53.6 Å². The van der Waals surface area contributed by atoms with Gasteiger partial charge in [-0.15, -0.1) is 0 Å². The molecule has 1 aliphatic carbocycles. The van der Waals surface area contributed by atoms with E-state index < -0.39 is 11.9 Å². The van der Waals surface area contributed by atoms with Crippen LogP contribution in [0.3, 0.4) is 0 Å². The van der Waals surface area contributed by atoms with E-state index in [-0.39, 0.29) is 17.2 Å². The molecule has 2 aliphatic rings. The molecule has 154 valence electrons. The van der Waals surface area contributed by atoms with E-state index in [9.17, 15) is 9.59 Å². The van der Waals surface area contributed by atoms with E-state index in [1.165, 1.54) is 7.11 Å². The van der Waals surface area contributed by atoms with Crippen molar-refractivity contribution in [2.45, 2.75) is 32.1 Å². The van der Waals surface area contributed by atoms with Gasteiger partial charge in [0.15, 0.2) is 17.3 Å². The van der Waals surface area contributed by atoms with Crippen LogP contribution in [-0.2, 0) is 19.1 Å². The Morgan fingerprint density at radius 3 is 2.79 bits per heavy atom. The molecule has 0 amide bonds. The molecule has 0 saturated heterocycles. The van der Waals surface area contributed by atoms with Gasteiger partial charge in [-0.25, -0.2) is 4.79 Å². The van der Waals surface area contributed by atoms with Gasteiger partial charge in [0.05, 0.1) is 19.6 Å². The van der Waals surface area contributed by atoms with Gasteiger partial charge >= 0.3 is 5.97 Å². The first-order valence-corrected chi connectivity index (χ1v) is 9.54. The average Bonchev–Trinajstić information content (AvgIpc) is 2.71. The van der Waals surface area contributed by atoms with Crippen LogP contribution < -0.4 is 15.2 Å². The van der Waals surface area contributed by atoms with E-state index in [1.54, 1.807) is 24.3 Å². The fraction of sp³-hybridized carbons (Fsp3) is 0.364.